The summed E-state index contributed by atoms with van der Waals surface area (Å²) < 4.78 is 60.2. The van der Waals surface area contributed by atoms with Crippen molar-refractivity contribution in [3.8, 4) is 16.9 Å². The number of anilines is 1. The lowest BCUT2D eigenvalue weighted by Crippen LogP contribution is -2.36. The molecule has 29 heavy (non-hydrogen) atoms. The number of nitrogens with two attached hydrogens (primary N) is 1. The van der Waals surface area contributed by atoms with E-state index >= 15 is 0 Å². The van der Waals surface area contributed by atoms with E-state index in [0.29, 0.717) is 11.3 Å². The molecule has 0 spiro atoms. The third-order valence-electron chi connectivity index (χ3n) is 4.34. The van der Waals surface area contributed by atoms with E-state index in [2.05, 4.69) is 5.10 Å². The first kappa shape index (κ1) is 20.9. The Labute approximate surface area is 165 Å². The van der Waals surface area contributed by atoms with Gasteiger partial charge in [0.2, 0.25) is 0 Å². The average molecular weight is 407 g/mol. The third-order valence-corrected chi connectivity index (χ3v) is 4.34. The van der Waals surface area contributed by atoms with Crippen molar-refractivity contribution in [3.63, 3.8) is 0 Å². The topological polar surface area (TPSA) is 53.1 Å². The maximum absolute atomic E-state index is 14.2. The van der Waals surface area contributed by atoms with Gasteiger partial charge in [0.05, 0.1) is 18.0 Å². The van der Waals surface area contributed by atoms with Crippen LogP contribution >= 0.6 is 0 Å². The second-order valence-electron chi connectivity index (χ2n) is 7.07. The number of halogens is 4. The number of nitrogens with zero attached hydrogens (tertiary/aromatic N) is 2. The van der Waals surface area contributed by atoms with Crippen molar-refractivity contribution >= 4 is 5.82 Å². The van der Waals surface area contributed by atoms with E-state index in [1.165, 1.54) is 19.9 Å². The quantitative estimate of drug-likeness (QED) is 0.560. The van der Waals surface area contributed by atoms with Crippen molar-refractivity contribution in [1.29, 1.82) is 0 Å². The molecule has 0 bridgehead atoms. The summed E-state index contributed by atoms with van der Waals surface area (Å²) in [7, 11) is 0. The van der Waals surface area contributed by atoms with Crippen molar-refractivity contribution in [2.24, 2.45) is 5.92 Å². The number of ether oxygens (including phenoxy) is 1. The molecular weight excluding hydrogens is 386 g/mol. The van der Waals surface area contributed by atoms with E-state index in [0.717, 1.165) is 11.8 Å². The molecule has 8 heteroatoms. The lowest BCUT2D eigenvalue weighted by atomic mass is 10.1. The number of para-hydroxylation sites is 1. The number of benzene rings is 2. The Kier molecular flexibility index (Phi) is 5.93. The summed E-state index contributed by atoms with van der Waals surface area (Å²) in [6.45, 7) is 2.48. The fourth-order valence-corrected chi connectivity index (χ4v) is 3.10. The van der Waals surface area contributed by atoms with Gasteiger partial charge in [0.25, 0.3) is 0 Å². The minimum atomic E-state index is -4.50. The molecule has 0 radical (unpaired) electrons. The highest BCUT2D eigenvalue weighted by molar-refractivity contribution is 5.66. The molecular formula is C21H21F4N3O. The van der Waals surface area contributed by atoms with E-state index in [1.807, 2.05) is 30.3 Å². The molecule has 0 aliphatic heterocycles. The predicted octanol–water partition coefficient (Wildman–Crippen LogP) is 5.36. The number of alkyl halides is 3. The molecule has 0 fully saturated rings. The van der Waals surface area contributed by atoms with Gasteiger partial charge in [0.15, 0.2) is 6.10 Å². The van der Waals surface area contributed by atoms with Crippen molar-refractivity contribution in [1.82, 2.24) is 9.78 Å². The molecule has 1 heterocycles. The third kappa shape index (κ3) is 4.95. The van der Waals surface area contributed by atoms with Crippen LogP contribution in [0.5, 0.6) is 0 Å². The van der Waals surface area contributed by atoms with E-state index in [9.17, 15) is 17.6 Å². The lowest BCUT2D eigenvalue weighted by Gasteiger charge is -2.24. The highest BCUT2D eigenvalue weighted by Crippen LogP contribution is 2.31. The first-order chi connectivity index (χ1) is 13.6. The van der Waals surface area contributed by atoms with Gasteiger partial charge >= 0.3 is 6.18 Å². The van der Waals surface area contributed by atoms with Crippen LogP contribution in [0.2, 0.25) is 0 Å². The lowest BCUT2D eigenvalue weighted by molar-refractivity contribution is -0.236. The first-order valence-corrected chi connectivity index (χ1v) is 9.04. The van der Waals surface area contributed by atoms with Crippen LogP contribution in [0.1, 0.15) is 19.4 Å². The Balaban J connectivity index is 1.93. The molecule has 0 aliphatic carbocycles. The van der Waals surface area contributed by atoms with Crippen molar-refractivity contribution < 1.29 is 22.3 Å². The Morgan fingerprint density at radius 3 is 2.38 bits per heavy atom. The second kappa shape index (κ2) is 8.24. The van der Waals surface area contributed by atoms with E-state index in [1.54, 1.807) is 16.8 Å². The molecule has 0 amide bonds. The monoisotopic (exact) mass is 407 g/mol. The zero-order valence-electron chi connectivity index (χ0n) is 15.9. The van der Waals surface area contributed by atoms with E-state index in [-0.39, 0.29) is 18.0 Å². The second-order valence-corrected chi connectivity index (χ2v) is 7.07. The van der Waals surface area contributed by atoms with Crippen LogP contribution in [-0.4, -0.2) is 22.1 Å². The van der Waals surface area contributed by atoms with Crippen molar-refractivity contribution in [2.45, 2.75) is 32.7 Å². The molecule has 0 aliphatic rings. The highest BCUT2D eigenvalue weighted by atomic mass is 19.4. The van der Waals surface area contributed by atoms with Gasteiger partial charge in [0.1, 0.15) is 11.6 Å². The molecule has 4 nitrogen and oxygen atoms in total. The van der Waals surface area contributed by atoms with Crippen LogP contribution in [-0.2, 0) is 11.3 Å². The van der Waals surface area contributed by atoms with Gasteiger partial charge in [-0.15, -0.1) is 0 Å². The fourth-order valence-electron chi connectivity index (χ4n) is 3.10. The van der Waals surface area contributed by atoms with Crippen molar-refractivity contribution in [2.75, 3.05) is 5.73 Å². The highest BCUT2D eigenvalue weighted by Gasteiger charge is 2.42. The summed E-state index contributed by atoms with van der Waals surface area (Å²) in [5.41, 5.74) is 7.80. The van der Waals surface area contributed by atoms with E-state index < -0.39 is 24.0 Å². The van der Waals surface area contributed by atoms with Crippen molar-refractivity contribution in [3.05, 3.63) is 66.0 Å². The summed E-state index contributed by atoms with van der Waals surface area (Å²) in [6.07, 6.45) is -6.43. The van der Waals surface area contributed by atoms with Gasteiger partial charge in [0, 0.05) is 11.6 Å². The van der Waals surface area contributed by atoms with Crippen LogP contribution in [0.3, 0.4) is 0 Å². The van der Waals surface area contributed by atoms with Crippen LogP contribution in [0.15, 0.2) is 54.6 Å². The van der Waals surface area contributed by atoms with Gasteiger partial charge in [-0.05, 0) is 41.8 Å². The summed E-state index contributed by atoms with van der Waals surface area (Å²) in [5.74, 6) is -1.11. The minimum absolute atomic E-state index is 0.239. The largest absolute Gasteiger partial charge is 0.414 e. The zero-order chi connectivity index (χ0) is 21.2. The molecule has 0 saturated heterocycles. The van der Waals surface area contributed by atoms with Gasteiger partial charge < -0.3 is 10.5 Å². The molecule has 3 rings (SSSR count). The van der Waals surface area contributed by atoms with E-state index in [4.69, 9.17) is 10.5 Å². The normalized spacial score (nSPS) is 13.1. The number of nitrogen functional groups attached to an aromatic ring is 1. The molecule has 1 atom stereocenters. The Bertz CT molecular complexity index is 968. The molecule has 1 unspecified atom stereocenters. The molecule has 3 aromatic rings. The average Bonchev–Trinajstić information content (AvgIpc) is 3.02. The first-order valence-electron chi connectivity index (χ1n) is 9.04. The fraction of sp³-hybridized carbons (Fsp3) is 0.286. The molecule has 2 aromatic carbocycles. The standard InChI is InChI=1S/C21H21F4N3O/c1-13(2)20(21(23,24)25)29-12-14-8-15(10-16(22)9-14)18-11-19(26)27-28(18)17-6-4-3-5-7-17/h3-11,13,20H,12H2,1-2H3,(H2,26,27). The van der Waals surface area contributed by atoms with Crippen LogP contribution in [0.25, 0.3) is 16.9 Å². The molecule has 1 aromatic heterocycles. The van der Waals surface area contributed by atoms with Crippen LogP contribution < -0.4 is 5.73 Å². The zero-order valence-corrected chi connectivity index (χ0v) is 15.9. The number of rotatable bonds is 6. The van der Waals surface area contributed by atoms with Crippen LogP contribution in [0, 0.1) is 11.7 Å². The smallest absolute Gasteiger partial charge is 0.382 e. The maximum atomic E-state index is 14.2. The number of hydrogen-bond acceptors (Lipinski definition) is 3. The Morgan fingerprint density at radius 2 is 1.76 bits per heavy atom. The molecule has 2 N–H and O–H groups in total. The summed E-state index contributed by atoms with van der Waals surface area (Å²) in [4.78, 5) is 0. The summed E-state index contributed by atoms with van der Waals surface area (Å²) in [5, 5.41) is 4.24. The predicted molar refractivity (Wildman–Crippen MR) is 103 cm³/mol. The van der Waals surface area contributed by atoms with Gasteiger partial charge in [-0.3, -0.25) is 0 Å². The minimum Gasteiger partial charge on any atom is -0.382 e. The molecule has 154 valence electrons. The summed E-state index contributed by atoms with van der Waals surface area (Å²) in [6, 6.07) is 14.7. The van der Waals surface area contributed by atoms with Gasteiger partial charge in [-0.1, -0.05) is 32.0 Å². The molecule has 0 saturated carbocycles. The maximum Gasteiger partial charge on any atom is 0.414 e. The van der Waals surface area contributed by atoms with Crippen LogP contribution in [0.4, 0.5) is 23.4 Å². The van der Waals surface area contributed by atoms with Gasteiger partial charge in [-0.25, -0.2) is 9.07 Å². The Hall–Kier alpha value is -2.87. The number of hydrogen-bond donors (Lipinski definition) is 1. The number of aromatic nitrogens is 2. The Morgan fingerprint density at radius 1 is 1.07 bits per heavy atom. The SMILES string of the molecule is CC(C)C(OCc1cc(F)cc(-c2cc(N)nn2-c2ccccc2)c1)C(F)(F)F. The van der Waals surface area contributed by atoms with Gasteiger partial charge in [-0.2, -0.15) is 18.3 Å². The summed E-state index contributed by atoms with van der Waals surface area (Å²) >= 11 is 0.